The Morgan fingerprint density at radius 3 is 2.72 bits per heavy atom. The van der Waals surface area contributed by atoms with Gasteiger partial charge >= 0.3 is 0 Å². The van der Waals surface area contributed by atoms with Crippen LogP contribution in [0.2, 0.25) is 0 Å². The summed E-state index contributed by atoms with van der Waals surface area (Å²) >= 11 is 0. The van der Waals surface area contributed by atoms with Crippen LogP contribution in [0.1, 0.15) is 0 Å². The zero-order valence-corrected chi connectivity index (χ0v) is 9.86. The summed E-state index contributed by atoms with van der Waals surface area (Å²) in [7, 11) is 0. The lowest BCUT2D eigenvalue weighted by Crippen LogP contribution is -2.10. The zero-order chi connectivity index (χ0) is 11.8. The molecule has 8 heteroatoms. The van der Waals surface area contributed by atoms with Crippen molar-refractivity contribution in [3.05, 3.63) is 34.6 Å². The summed E-state index contributed by atoms with van der Waals surface area (Å²) in [5.74, 6) is 0.384. The summed E-state index contributed by atoms with van der Waals surface area (Å²) < 4.78 is 0. The number of halogens is 1. The molecule has 0 aliphatic heterocycles. The highest BCUT2D eigenvalue weighted by molar-refractivity contribution is 5.85. The quantitative estimate of drug-likeness (QED) is 0.560. The Labute approximate surface area is 107 Å². The molecule has 18 heavy (non-hydrogen) atoms. The molecule has 92 valence electrons. The number of aromatic nitrogens is 5. The Balaban J connectivity index is 0.00000120. The summed E-state index contributed by atoms with van der Waals surface area (Å²) in [6.07, 6.45) is 0. The first kappa shape index (κ1) is 12.1. The molecule has 7 nitrogen and oxygen atoms in total. The third-order valence-electron chi connectivity index (χ3n) is 2.41. The standard InChI is InChI=1S/C10H8N6O.ClH/c11-6-4-2-1-3-5(6)8-12-9-7(10(17)13-8)14-16-15-9;/h1-4H,11H2,(H2,12,13,14,15,16,17);1H. The molecule has 0 saturated heterocycles. The van der Waals surface area contributed by atoms with Crippen LogP contribution in [0, 0.1) is 0 Å². The van der Waals surface area contributed by atoms with Gasteiger partial charge in [-0.1, -0.05) is 12.1 Å². The van der Waals surface area contributed by atoms with Crippen molar-refractivity contribution >= 4 is 29.3 Å². The van der Waals surface area contributed by atoms with Crippen LogP contribution in [0.5, 0.6) is 0 Å². The molecule has 2 aromatic heterocycles. The molecule has 0 spiro atoms. The van der Waals surface area contributed by atoms with E-state index < -0.39 is 0 Å². The first-order chi connectivity index (χ1) is 8.25. The predicted molar refractivity (Wildman–Crippen MR) is 69.4 cm³/mol. The van der Waals surface area contributed by atoms with Gasteiger partial charge in [-0.15, -0.1) is 22.6 Å². The number of nitrogen functional groups attached to an aromatic ring is 1. The molecule has 0 aliphatic carbocycles. The Morgan fingerprint density at radius 2 is 1.94 bits per heavy atom. The molecule has 0 radical (unpaired) electrons. The molecule has 0 unspecified atom stereocenters. The lowest BCUT2D eigenvalue weighted by molar-refractivity contribution is 0.954. The Hall–Kier alpha value is -2.41. The number of para-hydroxylation sites is 1. The molecule has 0 saturated carbocycles. The van der Waals surface area contributed by atoms with E-state index in [4.69, 9.17) is 5.73 Å². The van der Waals surface area contributed by atoms with Crippen LogP contribution >= 0.6 is 12.4 Å². The second-order valence-electron chi connectivity index (χ2n) is 3.50. The topological polar surface area (TPSA) is 113 Å². The summed E-state index contributed by atoms with van der Waals surface area (Å²) in [6.45, 7) is 0. The molecule has 0 bridgehead atoms. The van der Waals surface area contributed by atoms with Crippen molar-refractivity contribution in [1.82, 2.24) is 25.4 Å². The third-order valence-corrected chi connectivity index (χ3v) is 2.41. The number of hydrogen-bond acceptors (Lipinski definition) is 5. The summed E-state index contributed by atoms with van der Waals surface area (Å²) in [5, 5.41) is 9.85. The lowest BCUT2D eigenvalue weighted by Gasteiger charge is -2.03. The van der Waals surface area contributed by atoms with Crippen molar-refractivity contribution in [3.63, 3.8) is 0 Å². The van der Waals surface area contributed by atoms with E-state index in [0.29, 0.717) is 17.1 Å². The fraction of sp³-hybridized carbons (Fsp3) is 0. The van der Waals surface area contributed by atoms with Gasteiger partial charge in [0.05, 0.1) is 0 Å². The monoisotopic (exact) mass is 264 g/mol. The van der Waals surface area contributed by atoms with Gasteiger partial charge in [-0.3, -0.25) is 4.79 Å². The molecule has 2 heterocycles. The fourth-order valence-corrected chi connectivity index (χ4v) is 1.60. The van der Waals surface area contributed by atoms with Gasteiger partial charge in [-0.25, -0.2) is 4.98 Å². The van der Waals surface area contributed by atoms with Crippen molar-refractivity contribution in [1.29, 1.82) is 0 Å². The predicted octanol–water partition coefficient (Wildman–Crippen LogP) is 0.712. The normalized spacial score (nSPS) is 10.2. The highest BCUT2D eigenvalue weighted by Gasteiger charge is 2.10. The molecule has 0 fully saturated rings. The van der Waals surface area contributed by atoms with Gasteiger partial charge < -0.3 is 10.7 Å². The second-order valence-corrected chi connectivity index (χ2v) is 3.50. The summed E-state index contributed by atoms with van der Waals surface area (Å²) in [5.41, 5.74) is 7.13. The van der Waals surface area contributed by atoms with Crippen LogP contribution < -0.4 is 11.3 Å². The molecular formula is C10H9ClN6O. The lowest BCUT2D eigenvalue weighted by atomic mass is 10.1. The number of hydrogen-bond donors (Lipinski definition) is 3. The summed E-state index contributed by atoms with van der Waals surface area (Å²) in [6, 6.07) is 7.14. The van der Waals surface area contributed by atoms with Gasteiger partial charge in [-0.2, -0.15) is 5.21 Å². The van der Waals surface area contributed by atoms with Crippen molar-refractivity contribution in [2.75, 3.05) is 5.73 Å². The van der Waals surface area contributed by atoms with Crippen LogP contribution in [0.25, 0.3) is 22.6 Å². The third kappa shape index (κ3) is 1.80. The highest BCUT2D eigenvalue weighted by atomic mass is 35.5. The first-order valence-corrected chi connectivity index (χ1v) is 4.91. The molecule has 3 aromatic rings. The maximum absolute atomic E-state index is 11.7. The van der Waals surface area contributed by atoms with Crippen LogP contribution in [0.3, 0.4) is 0 Å². The minimum Gasteiger partial charge on any atom is -0.398 e. The number of nitrogens with one attached hydrogen (secondary N) is 2. The number of nitrogens with zero attached hydrogens (tertiary/aromatic N) is 3. The Morgan fingerprint density at radius 1 is 1.17 bits per heavy atom. The van der Waals surface area contributed by atoms with E-state index in [1.807, 2.05) is 12.1 Å². The molecule has 3 rings (SSSR count). The SMILES string of the molecule is Cl.Nc1ccccc1-c1nc2n[nH]nc2c(=O)[nH]1. The highest BCUT2D eigenvalue weighted by Crippen LogP contribution is 2.21. The van der Waals surface area contributed by atoms with Crippen molar-refractivity contribution in [3.8, 4) is 11.4 Å². The number of benzene rings is 1. The maximum Gasteiger partial charge on any atom is 0.281 e. The van der Waals surface area contributed by atoms with E-state index in [2.05, 4.69) is 25.4 Å². The van der Waals surface area contributed by atoms with E-state index in [0.717, 1.165) is 0 Å². The van der Waals surface area contributed by atoms with Crippen molar-refractivity contribution < 1.29 is 0 Å². The van der Waals surface area contributed by atoms with E-state index in [-0.39, 0.29) is 29.1 Å². The first-order valence-electron chi connectivity index (χ1n) is 4.91. The minimum absolute atomic E-state index is 0. The van der Waals surface area contributed by atoms with Crippen LogP contribution in [0.4, 0.5) is 5.69 Å². The van der Waals surface area contributed by atoms with Crippen molar-refractivity contribution in [2.24, 2.45) is 0 Å². The van der Waals surface area contributed by atoms with Gasteiger partial charge in [0.2, 0.25) is 5.65 Å². The fourth-order valence-electron chi connectivity index (χ4n) is 1.60. The van der Waals surface area contributed by atoms with Gasteiger partial charge in [0.15, 0.2) is 5.52 Å². The molecule has 4 N–H and O–H groups in total. The second kappa shape index (κ2) is 4.46. The number of rotatable bonds is 1. The number of fused-ring (bicyclic) bond motifs is 1. The van der Waals surface area contributed by atoms with Crippen LogP contribution in [-0.2, 0) is 0 Å². The van der Waals surface area contributed by atoms with Gasteiger partial charge in [0.1, 0.15) is 5.82 Å². The molecule has 0 amide bonds. The van der Waals surface area contributed by atoms with Crippen LogP contribution in [0.15, 0.2) is 29.1 Å². The van der Waals surface area contributed by atoms with E-state index in [9.17, 15) is 4.79 Å². The maximum atomic E-state index is 11.7. The van der Waals surface area contributed by atoms with Gasteiger partial charge in [-0.05, 0) is 12.1 Å². The van der Waals surface area contributed by atoms with Crippen molar-refractivity contribution in [2.45, 2.75) is 0 Å². The molecule has 1 aromatic carbocycles. The molecule has 0 aliphatic rings. The number of H-pyrrole nitrogens is 2. The molecular weight excluding hydrogens is 256 g/mol. The van der Waals surface area contributed by atoms with Crippen LogP contribution in [-0.4, -0.2) is 25.4 Å². The average Bonchev–Trinajstić information content (AvgIpc) is 2.78. The minimum atomic E-state index is -0.345. The Bertz CT molecular complexity index is 749. The Kier molecular flexibility index (Phi) is 2.99. The molecule has 0 atom stereocenters. The number of aromatic amines is 2. The van der Waals surface area contributed by atoms with E-state index in [1.165, 1.54) is 0 Å². The van der Waals surface area contributed by atoms with Gasteiger partial charge in [0.25, 0.3) is 5.56 Å². The zero-order valence-electron chi connectivity index (χ0n) is 9.04. The number of nitrogens with two attached hydrogens (primary N) is 1. The average molecular weight is 265 g/mol. The summed E-state index contributed by atoms with van der Waals surface area (Å²) in [4.78, 5) is 18.5. The van der Waals surface area contributed by atoms with E-state index >= 15 is 0 Å². The number of anilines is 1. The van der Waals surface area contributed by atoms with E-state index in [1.54, 1.807) is 12.1 Å². The smallest absolute Gasteiger partial charge is 0.281 e. The largest absolute Gasteiger partial charge is 0.398 e. The van der Waals surface area contributed by atoms with Gasteiger partial charge in [0, 0.05) is 11.3 Å².